The first-order valence-electron chi connectivity index (χ1n) is 9.19. The highest BCUT2D eigenvalue weighted by Gasteiger charge is 2.05. The van der Waals surface area contributed by atoms with Gasteiger partial charge in [-0.3, -0.25) is 9.78 Å². The van der Waals surface area contributed by atoms with E-state index < -0.39 is 0 Å². The standard InChI is InChI=1S/C22H19N5O2/c28-21(9-6-17-14-23-13-11-19(17)20-2-1-12-24-20)26-18-7-3-16(4-8-18)5-10-22-27-25-15-29-22/h1-4,6-9,11-15,24H,5,10H2,(H,26,28)/b9-6+. The molecule has 0 aliphatic rings. The van der Waals surface area contributed by atoms with Crippen LogP contribution in [0.3, 0.4) is 0 Å². The number of carbonyl (C=O) groups excluding carboxylic acids is 1. The number of H-pyrrole nitrogens is 1. The highest BCUT2D eigenvalue weighted by molar-refractivity contribution is 6.02. The summed E-state index contributed by atoms with van der Waals surface area (Å²) in [6.07, 6.45) is 11.4. The monoisotopic (exact) mass is 385 g/mol. The van der Waals surface area contributed by atoms with Gasteiger partial charge in [0.15, 0.2) is 0 Å². The van der Waals surface area contributed by atoms with Gasteiger partial charge in [-0.15, -0.1) is 10.2 Å². The number of aromatic nitrogens is 4. The first-order chi connectivity index (χ1) is 14.3. The quantitative estimate of drug-likeness (QED) is 0.470. The molecule has 4 rings (SSSR count). The molecule has 1 aromatic carbocycles. The third kappa shape index (κ3) is 4.84. The fraction of sp³-hybridized carbons (Fsp3) is 0.0909. The predicted octanol–water partition coefficient (Wildman–Crippen LogP) is 3.90. The van der Waals surface area contributed by atoms with E-state index in [1.807, 2.05) is 48.7 Å². The molecule has 0 unspecified atom stereocenters. The van der Waals surface area contributed by atoms with Gasteiger partial charge in [-0.05, 0) is 48.4 Å². The average Bonchev–Trinajstić information content (AvgIpc) is 3.46. The van der Waals surface area contributed by atoms with Crippen molar-refractivity contribution in [2.75, 3.05) is 5.32 Å². The number of benzene rings is 1. The molecule has 29 heavy (non-hydrogen) atoms. The van der Waals surface area contributed by atoms with Gasteiger partial charge in [-0.2, -0.15) is 0 Å². The van der Waals surface area contributed by atoms with E-state index in [0.717, 1.165) is 34.5 Å². The SMILES string of the molecule is O=C(/C=C/c1cnccc1-c1ccc[nH]1)Nc1ccc(CCc2nnco2)cc1. The molecule has 0 spiro atoms. The molecule has 0 bridgehead atoms. The maximum absolute atomic E-state index is 12.3. The molecule has 0 aliphatic heterocycles. The lowest BCUT2D eigenvalue weighted by Gasteiger charge is -2.05. The lowest BCUT2D eigenvalue weighted by molar-refractivity contribution is -0.111. The van der Waals surface area contributed by atoms with Gasteiger partial charge in [0.2, 0.25) is 18.2 Å². The fourth-order valence-electron chi connectivity index (χ4n) is 2.94. The molecule has 7 heteroatoms. The Hall–Kier alpha value is -4.00. The molecule has 0 aliphatic carbocycles. The van der Waals surface area contributed by atoms with Crippen LogP contribution in [0.1, 0.15) is 17.0 Å². The third-order valence-electron chi connectivity index (χ3n) is 4.41. The van der Waals surface area contributed by atoms with Crippen molar-refractivity contribution < 1.29 is 9.21 Å². The van der Waals surface area contributed by atoms with Crippen molar-refractivity contribution in [3.8, 4) is 11.3 Å². The van der Waals surface area contributed by atoms with Crippen molar-refractivity contribution in [3.63, 3.8) is 0 Å². The summed E-state index contributed by atoms with van der Waals surface area (Å²) in [4.78, 5) is 19.6. The van der Waals surface area contributed by atoms with Crippen LogP contribution in [0.5, 0.6) is 0 Å². The van der Waals surface area contributed by atoms with Crippen LogP contribution in [0.2, 0.25) is 0 Å². The number of carbonyl (C=O) groups is 1. The Morgan fingerprint density at radius 2 is 2.03 bits per heavy atom. The van der Waals surface area contributed by atoms with E-state index in [1.165, 1.54) is 12.5 Å². The van der Waals surface area contributed by atoms with Crippen molar-refractivity contribution in [1.82, 2.24) is 20.2 Å². The molecule has 0 atom stereocenters. The number of rotatable bonds is 7. The molecule has 1 amide bonds. The topological polar surface area (TPSA) is 96.7 Å². The molecule has 2 N–H and O–H groups in total. The number of aromatic amines is 1. The Balaban J connectivity index is 1.36. The first kappa shape index (κ1) is 18.4. The van der Waals surface area contributed by atoms with Crippen molar-refractivity contribution >= 4 is 17.7 Å². The van der Waals surface area contributed by atoms with Crippen LogP contribution in [-0.2, 0) is 17.6 Å². The summed E-state index contributed by atoms with van der Waals surface area (Å²) < 4.78 is 5.13. The van der Waals surface area contributed by atoms with Gasteiger partial charge in [-0.1, -0.05) is 12.1 Å². The van der Waals surface area contributed by atoms with Crippen molar-refractivity contribution in [2.45, 2.75) is 12.8 Å². The van der Waals surface area contributed by atoms with Gasteiger partial charge in [-0.25, -0.2) is 0 Å². The van der Waals surface area contributed by atoms with Crippen LogP contribution in [0.25, 0.3) is 17.3 Å². The van der Waals surface area contributed by atoms with Crippen LogP contribution in [0, 0.1) is 0 Å². The summed E-state index contributed by atoms with van der Waals surface area (Å²) in [5.41, 5.74) is 4.68. The predicted molar refractivity (Wildman–Crippen MR) is 110 cm³/mol. The minimum Gasteiger partial charge on any atom is -0.428 e. The van der Waals surface area contributed by atoms with Gasteiger partial charge in [0.05, 0.1) is 0 Å². The second-order valence-corrected chi connectivity index (χ2v) is 6.40. The molecule has 0 saturated heterocycles. The number of nitrogens with zero attached hydrogens (tertiary/aromatic N) is 3. The second-order valence-electron chi connectivity index (χ2n) is 6.40. The fourth-order valence-corrected chi connectivity index (χ4v) is 2.94. The molecule has 0 fully saturated rings. The van der Waals surface area contributed by atoms with Crippen molar-refractivity contribution in [2.24, 2.45) is 0 Å². The van der Waals surface area contributed by atoms with E-state index in [0.29, 0.717) is 12.3 Å². The summed E-state index contributed by atoms with van der Waals surface area (Å²) in [6, 6.07) is 13.5. The highest BCUT2D eigenvalue weighted by Crippen LogP contribution is 2.22. The van der Waals surface area contributed by atoms with Gasteiger partial charge in [0, 0.05) is 53.6 Å². The molecule has 7 nitrogen and oxygen atoms in total. The lowest BCUT2D eigenvalue weighted by atomic mass is 10.1. The smallest absolute Gasteiger partial charge is 0.248 e. The second kappa shape index (κ2) is 8.79. The normalized spacial score (nSPS) is 11.0. The summed E-state index contributed by atoms with van der Waals surface area (Å²) >= 11 is 0. The molecule has 3 heterocycles. The summed E-state index contributed by atoms with van der Waals surface area (Å²) in [5, 5.41) is 10.4. The zero-order valence-corrected chi connectivity index (χ0v) is 15.6. The summed E-state index contributed by atoms with van der Waals surface area (Å²) in [7, 11) is 0. The molecule has 3 aromatic heterocycles. The van der Waals surface area contributed by atoms with Crippen LogP contribution in [-0.4, -0.2) is 26.1 Å². The largest absolute Gasteiger partial charge is 0.428 e. The number of aryl methyl sites for hydroxylation is 2. The number of anilines is 1. The van der Waals surface area contributed by atoms with Crippen LogP contribution in [0.15, 0.2) is 77.9 Å². The Kier molecular flexibility index (Phi) is 5.57. The maximum Gasteiger partial charge on any atom is 0.248 e. The first-order valence-corrected chi connectivity index (χ1v) is 9.19. The number of pyridine rings is 1. The van der Waals surface area contributed by atoms with Gasteiger partial charge < -0.3 is 14.7 Å². The Morgan fingerprint density at radius 1 is 1.14 bits per heavy atom. The van der Waals surface area contributed by atoms with E-state index in [9.17, 15) is 4.79 Å². The summed E-state index contributed by atoms with van der Waals surface area (Å²) in [5.74, 6) is 0.409. The molecular formula is C22H19N5O2. The highest BCUT2D eigenvalue weighted by atomic mass is 16.4. The average molecular weight is 385 g/mol. The number of hydrogen-bond acceptors (Lipinski definition) is 5. The van der Waals surface area contributed by atoms with E-state index in [4.69, 9.17) is 4.42 Å². The number of hydrogen-bond donors (Lipinski definition) is 2. The van der Waals surface area contributed by atoms with Crippen molar-refractivity contribution in [1.29, 1.82) is 0 Å². The zero-order chi connectivity index (χ0) is 19.9. The Labute approximate surface area is 167 Å². The molecule has 144 valence electrons. The minimum atomic E-state index is -0.204. The van der Waals surface area contributed by atoms with E-state index in [-0.39, 0.29) is 5.91 Å². The maximum atomic E-state index is 12.3. The van der Waals surface area contributed by atoms with Crippen LogP contribution < -0.4 is 5.32 Å². The Bertz CT molecular complexity index is 1080. The van der Waals surface area contributed by atoms with E-state index >= 15 is 0 Å². The Morgan fingerprint density at radius 3 is 2.79 bits per heavy atom. The lowest BCUT2D eigenvalue weighted by Crippen LogP contribution is -2.07. The molecule has 4 aromatic rings. The van der Waals surface area contributed by atoms with Gasteiger partial charge in [0.1, 0.15) is 0 Å². The van der Waals surface area contributed by atoms with Crippen LogP contribution >= 0.6 is 0 Å². The molecule has 0 saturated carbocycles. The van der Waals surface area contributed by atoms with Crippen molar-refractivity contribution in [3.05, 3.63) is 90.5 Å². The molecule has 0 radical (unpaired) electrons. The molecular weight excluding hydrogens is 366 g/mol. The van der Waals surface area contributed by atoms with Gasteiger partial charge in [0.25, 0.3) is 0 Å². The number of nitrogens with one attached hydrogen (secondary N) is 2. The zero-order valence-electron chi connectivity index (χ0n) is 15.6. The van der Waals surface area contributed by atoms with E-state index in [2.05, 4.69) is 25.5 Å². The van der Waals surface area contributed by atoms with Gasteiger partial charge >= 0.3 is 0 Å². The summed E-state index contributed by atoms with van der Waals surface area (Å²) in [6.45, 7) is 0. The third-order valence-corrected chi connectivity index (χ3v) is 4.41. The van der Waals surface area contributed by atoms with E-state index in [1.54, 1.807) is 18.5 Å². The number of amides is 1. The minimum absolute atomic E-state index is 0.204. The van der Waals surface area contributed by atoms with Crippen LogP contribution in [0.4, 0.5) is 5.69 Å².